The molecule has 112 valence electrons. The molecule has 0 amide bonds. The van der Waals surface area contributed by atoms with Crippen molar-refractivity contribution in [2.75, 3.05) is 16.6 Å². The summed E-state index contributed by atoms with van der Waals surface area (Å²) in [7, 11) is -3.65. The lowest BCUT2D eigenvalue weighted by Crippen LogP contribution is -2.14. The van der Waals surface area contributed by atoms with Gasteiger partial charge in [-0.15, -0.1) is 0 Å². The van der Waals surface area contributed by atoms with E-state index in [4.69, 9.17) is 0 Å². The van der Waals surface area contributed by atoms with E-state index in [9.17, 15) is 8.42 Å². The first-order chi connectivity index (χ1) is 9.92. The molecule has 0 saturated heterocycles. The molecule has 0 bridgehead atoms. The predicted molar refractivity (Wildman–Crippen MR) is 88.1 cm³/mol. The van der Waals surface area contributed by atoms with E-state index in [0.717, 1.165) is 12.1 Å². The van der Waals surface area contributed by atoms with Crippen molar-refractivity contribution in [3.8, 4) is 0 Å². The Balaban J connectivity index is 2.27. The molecule has 0 spiro atoms. The van der Waals surface area contributed by atoms with Gasteiger partial charge in [0, 0.05) is 17.2 Å². The van der Waals surface area contributed by atoms with E-state index in [0.29, 0.717) is 16.0 Å². The van der Waals surface area contributed by atoms with Gasteiger partial charge in [-0.2, -0.15) is 0 Å². The maximum atomic E-state index is 12.3. The van der Waals surface area contributed by atoms with Gasteiger partial charge in [-0.1, -0.05) is 6.07 Å². The quantitative estimate of drug-likeness (QED) is 0.847. The number of aromatic nitrogens is 1. The number of sulfonamides is 1. The van der Waals surface area contributed by atoms with Gasteiger partial charge in [-0.3, -0.25) is 4.72 Å². The number of anilines is 2. The Morgan fingerprint density at radius 1 is 1.24 bits per heavy atom. The second kappa shape index (κ2) is 6.44. The van der Waals surface area contributed by atoms with Crippen molar-refractivity contribution in [3.05, 3.63) is 46.6 Å². The molecule has 0 atom stereocenters. The second-order valence-electron chi connectivity index (χ2n) is 4.50. The highest BCUT2D eigenvalue weighted by molar-refractivity contribution is 9.10. The van der Waals surface area contributed by atoms with Gasteiger partial charge in [-0.05, 0) is 59.6 Å². The second-order valence-corrected chi connectivity index (χ2v) is 7.04. The molecule has 1 heterocycles. The molecule has 1 aromatic carbocycles. The topological polar surface area (TPSA) is 71.1 Å². The zero-order valence-corrected chi connectivity index (χ0v) is 14.1. The molecule has 7 heteroatoms. The number of nitrogens with one attached hydrogen (secondary N) is 2. The van der Waals surface area contributed by atoms with Crippen LogP contribution in [0.4, 0.5) is 11.5 Å². The Labute approximate surface area is 133 Å². The number of benzene rings is 1. The largest absolute Gasteiger partial charge is 0.370 e. The smallest absolute Gasteiger partial charge is 0.263 e. The molecule has 2 rings (SSSR count). The van der Waals surface area contributed by atoms with Crippen LogP contribution in [-0.4, -0.2) is 19.9 Å². The van der Waals surface area contributed by atoms with Crippen molar-refractivity contribution >= 4 is 37.5 Å². The number of nitrogens with zero attached hydrogens (tertiary/aromatic N) is 1. The summed E-state index contributed by atoms with van der Waals surface area (Å²) in [4.78, 5) is 4.20. The number of hydrogen-bond acceptors (Lipinski definition) is 4. The standard InChI is InChI=1S/C14H16BrN3O2S/c1-3-16-14-7-5-11(9-17-14)21(19,20)18-13-8-10(2)4-6-12(13)15/h4-9,18H,3H2,1-2H3,(H,16,17). The SMILES string of the molecule is CCNc1ccc(S(=O)(=O)Nc2cc(C)ccc2Br)cn1. The molecule has 0 fully saturated rings. The first-order valence-electron chi connectivity index (χ1n) is 6.41. The average molecular weight is 370 g/mol. The first kappa shape index (κ1) is 15.8. The van der Waals surface area contributed by atoms with Gasteiger partial charge in [0.2, 0.25) is 0 Å². The Morgan fingerprint density at radius 2 is 2.00 bits per heavy atom. The highest BCUT2D eigenvalue weighted by Crippen LogP contribution is 2.26. The van der Waals surface area contributed by atoms with Gasteiger partial charge < -0.3 is 5.32 Å². The van der Waals surface area contributed by atoms with Crippen molar-refractivity contribution in [1.29, 1.82) is 0 Å². The van der Waals surface area contributed by atoms with E-state index in [1.165, 1.54) is 12.3 Å². The highest BCUT2D eigenvalue weighted by Gasteiger charge is 2.16. The summed E-state index contributed by atoms with van der Waals surface area (Å²) in [5.74, 6) is 0.646. The summed E-state index contributed by atoms with van der Waals surface area (Å²) in [5.41, 5.74) is 1.47. The van der Waals surface area contributed by atoms with Crippen molar-refractivity contribution in [2.45, 2.75) is 18.7 Å². The van der Waals surface area contributed by atoms with E-state index >= 15 is 0 Å². The number of aryl methyl sites for hydroxylation is 1. The monoisotopic (exact) mass is 369 g/mol. The highest BCUT2D eigenvalue weighted by atomic mass is 79.9. The van der Waals surface area contributed by atoms with E-state index in [-0.39, 0.29) is 4.90 Å². The van der Waals surface area contributed by atoms with Gasteiger partial charge in [0.25, 0.3) is 10.0 Å². The van der Waals surface area contributed by atoms with Gasteiger partial charge in [0.15, 0.2) is 0 Å². The number of pyridine rings is 1. The number of rotatable bonds is 5. The van der Waals surface area contributed by atoms with Crippen LogP contribution in [-0.2, 0) is 10.0 Å². The summed E-state index contributed by atoms with van der Waals surface area (Å²) < 4.78 is 27.9. The lowest BCUT2D eigenvalue weighted by atomic mass is 10.2. The van der Waals surface area contributed by atoms with Gasteiger partial charge in [-0.25, -0.2) is 13.4 Å². The van der Waals surface area contributed by atoms with Gasteiger partial charge in [0.1, 0.15) is 10.7 Å². The fraction of sp³-hybridized carbons (Fsp3) is 0.214. The molecule has 0 radical (unpaired) electrons. The van der Waals surface area contributed by atoms with Crippen molar-refractivity contribution in [3.63, 3.8) is 0 Å². The minimum absolute atomic E-state index is 0.123. The zero-order valence-electron chi connectivity index (χ0n) is 11.7. The third-order valence-corrected chi connectivity index (χ3v) is 4.81. The van der Waals surface area contributed by atoms with Crippen molar-refractivity contribution in [1.82, 2.24) is 4.98 Å². The Morgan fingerprint density at radius 3 is 2.62 bits per heavy atom. The molecular weight excluding hydrogens is 354 g/mol. The minimum Gasteiger partial charge on any atom is -0.370 e. The maximum absolute atomic E-state index is 12.3. The first-order valence-corrected chi connectivity index (χ1v) is 8.69. The molecular formula is C14H16BrN3O2S. The average Bonchev–Trinajstić information content (AvgIpc) is 2.44. The molecule has 1 aromatic heterocycles. The van der Waals surface area contributed by atoms with E-state index < -0.39 is 10.0 Å². The summed E-state index contributed by atoms with van der Waals surface area (Å²) in [6, 6.07) is 8.64. The molecule has 0 saturated carbocycles. The van der Waals surface area contributed by atoms with E-state index in [1.54, 1.807) is 18.2 Å². The maximum Gasteiger partial charge on any atom is 0.263 e. The van der Waals surface area contributed by atoms with Crippen LogP contribution in [0.2, 0.25) is 0 Å². The van der Waals surface area contributed by atoms with Crippen LogP contribution < -0.4 is 10.0 Å². The molecule has 5 nitrogen and oxygen atoms in total. The molecule has 0 aliphatic carbocycles. The third kappa shape index (κ3) is 3.95. The summed E-state index contributed by atoms with van der Waals surface area (Å²) in [5, 5.41) is 3.02. The Hall–Kier alpha value is -1.60. The van der Waals surface area contributed by atoms with Crippen LogP contribution in [0.25, 0.3) is 0 Å². The van der Waals surface area contributed by atoms with E-state index in [1.807, 2.05) is 19.9 Å². The predicted octanol–water partition coefficient (Wildman–Crippen LogP) is 3.39. The molecule has 2 N–H and O–H groups in total. The zero-order chi connectivity index (χ0) is 15.5. The Bertz CT molecular complexity index is 730. The number of hydrogen-bond donors (Lipinski definition) is 2. The fourth-order valence-electron chi connectivity index (χ4n) is 1.75. The molecule has 21 heavy (non-hydrogen) atoms. The van der Waals surface area contributed by atoms with Gasteiger partial charge >= 0.3 is 0 Å². The lowest BCUT2D eigenvalue weighted by Gasteiger charge is -2.11. The van der Waals surface area contributed by atoms with Crippen molar-refractivity contribution < 1.29 is 8.42 Å². The number of halogens is 1. The normalized spacial score (nSPS) is 11.2. The Kier molecular flexibility index (Phi) is 4.84. The van der Waals surface area contributed by atoms with Crippen LogP contribution >= 0.6 is 15.9 Å². The van der Waals surface area contributed by atoms with Crippen LogP contribution in [0.1, 0.15) is 12.5 Å². The fourth-order valence-corrected chi connectivity index (χ4v) is 3.24. The minimum atomic E-state index is -3.65. The molecule has 0 aliphatic rings. The lowest BCUT2D eigenvalue weighted by molar-refractivity contribution is 0.601. The van der Waals surface area contributed by atoms with Crippen molar-refractivity contribution in [2.24, 2.45) is 0 Å². The molecule has 0 unspecified atom stereocenters. The summed E-state index contributed by atoms with van der Waals surface area (Å²) >= 11 is 3.34. The van der Waals surface area contributed by atoms with Crippen LogP contribution in [0.3, 0.4) is 0 Å². The molecule has 2 aromatic rings. The summed E-state index contributed by atoms with van der Waals surface area (Å²) in [6.07, 6.45) is 1.34. The van der Waals surface area contributed by atoms with E-state index in [2.05, 4.69) is 31.0 Å². The van der Waals surface area contributed by atoms with Crippen LogP contribution in [0.5, 0.6) is 0 Å². The third-order valence-electron chi connectivity index (χ3n) is 2.77. The van der Waals surface area contributed by atoms with Crippen LogP contribution in [0.15, 0.2) is 45.9 Å². The molecule has 0 aliphatic heterocycles. The van der Waals surface area contributed by atoms with Gasteiger partial charge in [0.05, 0.1) is 5.69 Å². The van der Waals surface area contributed by atoms with Crippen LogP contribution in [0, 0.1) is 6.92 Å². The summed E-state index contributed by atoms with van der Waals surface area (Å²) in [6.45, 7) is 4.58.